The Balaban J connectivity index is 2.08. The standard InChI is InChI=1S/C21H25N3O3S/c1-5-22-17(25)11-15-12-28-21-23-14(4)18(20(26)27-6-2)19(24(15)21)16-10-8-7-9-13(16)3/h7-10,12,19H,5-6,11H2,1-4H3,(H,22,25)/t19-/m0/s1. The Morgan fingerprint density at radius 2 is 2.00 bits per heavy atom. The lowest BCUT2D eigenvalue weighted by Gasteiger charge is -2.37. The molecule has 1 aromatic rings. The number of amidine groups is 1. The largest absolute Gasteiger partial charge is 0.463 e. The van der Waals surface area contributed by atoms with Crippen LogP contribution < -0.4 is 5.32 Å². The molecule has 0 fully saturated rings. The topological polar surface area (TPSA) is 71.0 Å². The molecule has 1 amide bonds. The monoisotopic (exact) mass is 399 g/mol. The number of nitrogens with one attached hydrogen (secondary N) is 1. The van der Waals surface area contributed by atoms with E-state index in [0.717, 1.165) is 22.0 Å². The average Bonchev–Trinajstić information content (AvgIpc) is 3.03. The third kappa shape index (κ3) is 3.85. The minimum Gasteiger partial charge on any atom is -0.463 e. The van der Waals surface area contributed by atoms with Crippen molar-refractivity contribution in [1.29, 1.82) is 0 Å². The molecule has 1 N–H and O–H groups in total. The number of rotatable bonds is 6. The van der Waals surface area contributed by atoms with Gasteiger partial charge in [-0.15, -0.1) is 0 Å². The number of esters is 1. The second kappa shape index (κ2) is 8.65. The van der Waals surface area contributed by atoms with Crippen LogP contribution in [0.15, 0.2) is 51.6 Å². The maximum Gasteiger partial charge on any atom is 0.338 e. The molecule has 0 bridgehead atoms. The molecule has 7 heteroatoms. The molecule has 2 aliphatic rings. The van der Waals surface area contributed by atoms with Crippen molar-refractivity contribution in [2.75, 3.05) is 13.2 Å². The fourth-order valence-electron chi connectivity index (χ4n) is 3.45. The number of hydrogen-bond acceptors (Lipinski definition) is 6. The third-order valence-electron chi connectivity index (χ3n) is 4.69. The van der Waals surface area contributed by atoms with Gasteiger partial charge in [-0.05, 0) is 44.2 Å². The van der Waals surface area contributed by atoms with Crippen LogP contribution in [0, 0.1) is 6.92 Å². The molecular formula is C21H25N3O3S. The van der Waals surface area contributed by atoms with Crippen molar-refractivity contribution in [1.82, 2.24) is 10.2 Å². The van der Waals surface area contributed by atoms with E-state index in [1.165, 1.54) is 11.8 Å². The van der Waals surface area contributed by atoms with E-state index in [1.807, 2.05) is 55.3 Å². The maximum atomic E-state index is 12.8. The number of allylic oxidation sites excluding steroid dienone is 1. The Bertz CT molecular complexity index is 889. The number of aliphatic imine (C=N–C) groups is 1. The van der Waals surface area contributed by atoms with Gasteiger partial charge in [-0.3, -0.25) is 4.79 Å². The first-order valence-electron chi connectivity index (χ1n) is 9.41. The number of ether oxygens (including phenoxy) is 1. The van der Waals surface area contributed by atoms with Crippen LogP contribution in [0.25, 0.3) is 0 Å². The van der Waals surface area contributed by atoms with Gasteiger partial charge in [0.1, 0.15) is 0 Å². The smallest absolute Gasteiger partial charge is 0.338 e. The normalized spacial score (nSPS) is 18.4. The highest BCUT2D eigenvalue weighted by atomic mass is 32.2. The molecule has 0 radical (unpaired) electrons. The van der Waals surface area contributed by atoms with E-state index in [1.54, 1.807) is 6.92 Å². The first-order chi connectivity index (χ1) is 13.5. The van der Waals surface area contributed by atoms with E-state index in [2.05, 4.69) is 10.3 Å². The lowest BCUT2D eigenvalue weighted by Crippen LogP contribution is -2.38. The summed E-state index contributed by atoms with van der Waals surface area (Å²) in [4.78, 5) is 31.7. The van der Waals surface area contributed by atoms with Gasteiger partial charge in [-0.1, -0.05) is 36.0 Å². The summed E-state index contributed by atoms with van der Waals surface area (Å²) in [6.45, 7) is 8.42. The Morgan fingerprint density at radius 3 is 2.68 bits per heavy atom. The van der Waals surface area contributed by atoms with Crippen LogP contribution in [0.4, 0.5) is 0 Å². The fraction of sp³-hybridized carbons (Fsp3) is 0.381. The molecule has 2 heterocycles. The lowest BCUT2D eigenvalue weighted by atomic mass is 9.91. The van der Waals surface area contributed by atoms with Crippen molar-refractivity contribution in [2.24, 2.45) is 4.99 Å². The van der Waals surface area contributed by atoms with E-state index in [0.29, 0.717) is 24.4 Å². The molecular weight excluding hydrogens is 374 g/mol. The van der Waals surface area contributed by atoms with Gasteiger partial charge in [-0.25, -0.2) is 9.79 Å². The van der Waals surface area contributed by atoms with Crippen LogP contribution in [0.3, 0.4) is 0 Å². The molecule has 0 saturated carbocycles. The summed E-state index contributed by atoms with van der Waals surface area (Å²) >= 11 is 1.48. The molecule has 0 saturated heterocycles. The van der Waals surface area contributed by atoms with Crippen LogP contribution in [-0.4, -0.2) is 35.1 Å². The maximum absolute atomic E-state index is 12.8. The summed E-state index contributed by atoms with van der Waals surface area (Å²) in [5.41, 5.74) is 4.07. The molecule has 1 atom stereocenters. The van der Waals surface area contributed by atoms with Crippen LogP contribution in [-0.2, 0) is 14.3 Å². The number of thioether (sulfide) groups is 1. The number of aryl methyl sites for hydroxylation is 1. The van der Waals surface area contributed by atoms with E-state index in [4.69, 9.17) is 4.74 Å². The van der Waals surface area contributed by atoms with Crippen LogP contribution >= 0.6 is 11.8 Å². The number of fused-ring (bicyclic) bond motifs is 1. The van der Waals surface area contributed by atoms with Gasteiger partial charge in [0.2, 0.25) is 5.91 Å². The van der Waals surface area contributed by atoms with Gasteiger partial charge >= 0.3 is 5.97 Å². The Kier molecular flexibility index (Phi) is 6.24. The predicted octanol–water partition coefficient (Wildman–Crippen LogP) is 3.66. The number of carbonyl (C=O) groups excluding carboxylic acids is 2. The van der Waals surface area contributed by atoms with Crippen molar-refractivity contribution in [3.8, 4) is 0 Å². The van der Waals surface area contributed by atoms with Gasteiger partial charge < -0.3 is 15.0 Å². The molecule has 0 unspecified atom stereocenters. The quantitative estimate of drug-likeness (QED) is 0.739. The first kappa shape index (κ1) is 20.2. The van der Waals surface area contributed by atoms with Gasteiger partial charge in [-0.2, -0.15) is 0 Å². The zero-order valence-electron chi connectivity index (χ0n) is 16.6. The van der Waals surface area contributed by atoms with E-state index < -0.39 is 0 Å². The minimum atomic E-state index is -0.372. The van der Waals surface area contributed by atoms with E-state index in [9.17, 15) is 9.59 Å². The highest BCUT2D eigenvalue weighted by Crippen LogP contribution is 2.45. The zero-order valence-corrected chi connectivity index (χ0v) is 17.4. The SMILES string of the molecule is CCNC(=O)CC1=CSC2=NC(C)=C(C(=O)OCC)[C@H](c3ccccc3C)N12. The van der Waals surface area contributed by atoms with Crippen molar-refractivity contribution in [3.05, 3.63) is 57.8 Å². The molecule has 148 valence electrons. The van der Waals surface area contributed by atoms with Gasteiger partial charge in [0, 0.05) is 12.2 Å². The Hall–Kier alpha value is -2.54. The van der Waals surface area contributed by atoms with Crippen molar-refractivity contribution < 1.29 is 14.3 Å². The summed E-state index contributed by atoms with van der Waals surface area (Å²) in [7, 11) is 0. The molecule has 1 aromatic carbocycles. The first-order valence-corrected chi connectivity index (χ1v) is 10.3. The molecule has 28 heavy (non-hydrogen) atoms. The molecule has 3 rings (SSSR count). The summed E-state index contributed by atoms with van der Waals surface area (Å²) in [6.07, 6.45) is 0.234. The summed E-state index contributed by atoms with van der Waals surface area (Å²) in [6, 6.07) is 7.60. The minimum absolute atomic E-state index is 0.0527. The van der Waals surface area contributed by atoms with Crippen molar-refractivity contribution in [3.63, 3.8) is 0 Å². The molecule has 0 aromatic heterocycles. The zero-order chi connectivity index (χ0) is 20.3. The van der Waals surface area contributed by atoms with Crippen LogP contribution in [0.5, 0.6) is 0 Å². The van der Waals surface area contributed by atoms with Gasteiger partial charge in [0.15, 0.2) is 5.17 Å². The van der Waals surface area contributed by atoms with E-state index in [-0.39, 0.29) is 24.3 Å². The Labute approximate surface area is 169 Å². The predicted molar refractivity (Wildman–Crippen MR) is 112 cm³/mol. The number of amides is 1. The number of benzene rings is 1. The Morgan fingerprint density at radius 1 is 1.25 bits per heavy atom. The van der Waals surface area contributed by atoms with E-state index >= 15 is 0 Å². The summed E-state index contributed by atoms with van der Waals surface area (Å²) in [5.74, 6) is -0.423. The van der Waals surface area contributed by atoms with Gasteiger partial charge in [0.05, 0.1) is 30.3 Å². The number of nitrogens with zero attached hydrogens (tertiary/aromatic N) is 2. The van der Waals surface area contributed by atoms with Crippen LogP contribution in [0.2, 0.25) is 0 Å². The lowest BCUT2D eigenvalue weighted by molar-refractivity contribution is -0.139. The van der Waals surface area contributed by atoms with Crippen LogP contribution in [0.1, 0.15) is 44.4 Å². The fourth-order valence-corrected chi connectivity index (χ4v) is 4.42. The number of hydrogen-bond donors (Lipinski definition) is 1. The van der Waals surface area contributed by atoms with Crippen molar-refractivity contribution >= 4 is 28.8 Å². The highest BCUT2D eigenvalue weighted by molar-refractivity contribution is 8.16. The summed E-state index contributed by atoms with van der Waals surface area (Å²) < 4.78 is 5.35. The summed E-state index contributed by atoms with van der Waals surface area (Å²) in [5, 5.41) is 5.56. The molecule has 2 aliphatic heterocycles. The van der Waals surface area contributed by atoms with Gasteiger partial charge in [0.25, 0.3) is 0 Å². The molecule has 0 aliphatic carbocycles. The average molecular weight is 400 g/mol. The second-order valence-electron chi connectivity index (χ2n) is 6.60. The van der Waals surface area contributed by atoms with Crippen molar-refractivity contribution in [2.45, 2.75) is 40.2 Å². The highest BCUT2D eigenvalue weighted by Gasteiger charge is 2.41. The third-order valence-corrected chi connectivity index (χ3v) is 5.58. The molecule has 6 nitrogen and oxygen atoms in total. The number of carbonyl (C=O) groups is 2. The second-order valence-corrected chi connectivity index (χ2v) is 7.44. The molecule has 0 spiro atoms.